The molecule has 0 spiro atoms. The number of amides is 3. The summed E-state index contributed by atoms with van der Waals surface area (Å²) >= 11 is 0. The Morgan fingerprint density at radius 1 is 1.07 bits per heavy atom. The first-order chi connectivity index (χ1) is 13.0. The van der Waals surface area contributed by atoms with E-state index in [-0.39, 0.29) is 35.7 Å². The zero-order valence-corrected chi connectivity index (χ0v) is 17.4. The van der Waals surface area contributed by atoms with Crippen molar-refractivity contribution >= 4 is 33.4 Å². The van der Waals surface area contributed by atoms with Crippen LogP contribution in [0.25, 0.3) is 0 Å². The average molecular weight is 413 g/mol. The molecule has 1 aromatic rings. The molecule has 4 N–H and O–H groups in total. The first-order valence-corrected chi connectivity index (χ1v) is 10.5. The van der Waals surface area contributed by atoms with Crippen LogP contribution in [-0.4, -0.2) is 44.8 Å². The van der Waals surface area contributed by atoms with E-state index >= 15 is 0 Å². The summed E-state index contributed by atoms with van der Waals surface area (Å²) in [5.74, 6) is -0.978. The molecule has 0 radical (unpaired) electrons. The van der Waals surface area contributed by atoms with Crippen LogP contribution in [0.3, 0.4) is 0 Å². The Balaban J connectivity index is 2.55. The first-order valence-electron chi connectivity index (χ1n) is 9.02. The van der Waals surface area contributed by atoms with Crippen molar-refractivity contribution in [3.63, 3.8) is 0 Å². The van der Waals surface area contributed by atoms with Gasteiger partial charge in [-0.3, -0.25) is 14.4 Å². The molecular weight excluding hydrogens is 384 g/mol. The van der Waals surface area contributed by atoms with Gasteiger partial charge in [0.15, 0.2) is 0 Å². The van der Waals surface area contributed by atoms with Gasteiger partial charge in [-0.05, 0) is 44.5 Å². The summed E-state index contributed by atoms with van der Waals surface area (Å²) in [6, 6.07) is 4.62. The second-order valence-corrected chi connectivity index (χ2v) is 8.18. The average Bonchev–Trinajstić information content (AvgIpc) is 2.60. The highest BCUT2D eigenvalue weighted by atomic mass is 32.2. The van der Waals surface area contributed by atoms with Gasteiger partial charge in [0, 0.05) is 31.6 Å². The van der Waals surface area contributed by atoms with Gasteiger partial charge in [-0.2, -0.15) is 4.72 Å². The van der Waals surface area contributed by atoms with E-state index < -0.39 is 22.0 Å². The van der Waals surface area contributed by atoms with Crippen molar-refractivity contribution in [2.24, 2.45) is 0 Å². The van der Waals surface area contributed by atoms with E-state index in [0.717, 1.165) is 6.42 Å². The van der Waals surface area contributed by atoms with Crippen LogP contribution in [0, 0.1) is 0 Å². The predicted octanol–water partition coefficient (Wildman–Crippen LogP) is 0.733. The van der Waals surface area contributed by atoms with Gasteiger partial charge in [-0.1, -0.05) is 6.92 Å². The van der Waals surface area contributed by atoms with E-state index in [2.05, 4.69) is 20.7 Å². The van der Waals surface area contributed by atoms with Gasteiger partial charge in [0.2, 0.25) is 27.7 Å². The molecule has 2 atom stereocenters. The highest BCUT2D eigenvalue weighted by Gasteiger charge is 2.22. The molecule has 1 unspecified atom stereocenters. The maximum atomic E-state index is 12.4. The van der Waals surface area contributed by atoms with Crippen molar-refractivity contribution < 1.29 is 22.8 Å². The number of hydrogen-bond acceptors (Lipinski definition) is 5. The molecule has 9 nitrogen and oxygen atoms in total. The molecule has 1 aromatic carbocycles. The lowest BCUT2D eigenvalue weighted by molar-refractivity contribution is -0.123. The molecule has 0 saturated heterocycles. The number of rotatable bonds is 10. The minimum absolute atomic E-state index is 0.0332. The Kier molecular flexibility index (Phi) is 9.07. The number of carbonyl (C=O) groups is 3. The number of benzene rings is 1. The molecule has 0 aromatic heterocycles. The predicted molar refractivity (Wildman–Crippen MR) is 106 cm³/mol. The van der Waals surface area contributed by atoms with E-state index in [4.69, 9.17) is 0 Å². The van der Waals surface area contributed by atoms with E-state index in [9.17, 15) is 22.8 Å². The van der Waals surface area contributed by atoms with E-state index in [1.165, 1.54) is 38.1 Å². The fourth-order valence-electron chi connectivity index (χ4n) is 2.18. The van der Waals surface area contributed by atoms with Crippen LogP contribution in [0.4, 0.5) is 5.69 Å². The molecule has 0 aliphatic carbocycles. The molecule has 0 aliphatic heterocycles. The largest absolute Gasteiger partial charge is 0.354 e. The molecule has 0 saturated carbocycles. The molecule has 0 heterocycles. The second-order valence-electron chi connectivity index (χ2n) is 6.47. The maximum absolute atomic E-state index is 12.4. The highest BCUT2D eigenvalue weighted by molar-refractivity contribution is 7.89. The van der Waals surface area contributed by atoms with Crippen molar-refractivity contribution in [2.45, 2.75) is 57.5 Å². The monoisotopic (exact) mass is 412 g/mol. The lowest BCUT2D eigenvalue weighted by Crippen LogP contribution is -2.45. The Morgan fingerprint density at radius 3 is 2.21 bits per heavy atom. The first kappa shape index (κ1) is 23.6. The third kappa shape index (κ3) is 8.05. The van der Waals surface area contributed by atoms with Gasteiger partial charge in [0.25, 0.3) is 0 Å². The zero-order valence-electron chi connectivity index (χ0n) is 16.5. The summed E-state index contributed by atoms with van der Waals surface area (Å²) < 4.78 is 27.0. The van der Waals surface area contributed by atoms with E-state index in [0.29, 0.717) is 5.69 Å². The topological polar surface area (TPSA) is 133 Å². The number of anilines is 1. The van der Waals surface area contributed by atoms with Crippen LogP contribution in [0.15, 0.2) is 29.2 Å². The third-order valence-corrected chi connectivity index (χ3v) is 5.44. The van der Waals surface area contributed by atoms with Crippen LogP contribution in [0.1, 0.15) is 40.5 Å². The fraction of sp³-hybridized carbons (Fsp3) is 0.500. The van der Waals surface area contributed by atoms with Gasteiger partial charge >= 0.3 is 0 Å². The van der Waals surface area contributed by atoms with Gasteiger partial charge < -0.3 is 16.0 Å². The van der Waals surface area contributed by atoms with Crippen molar-refractivity contribution in [1.82, 2.24) is 15.4 Å². The Bertz CT molecular complexity index is 793. The summed E-state index contributed by atoms with van der Waals surface area (Å²) in [5.41, 5.74) is 0.466. The molecule has 10 heteroatoms. The SMILES string of the molecule is CCC(C)NC(=O)CCNC(=O)[C@H](C)NS(=O)(=O)c1ccc(NC(C)=O)cc1. The molecule has 156 valence electrons. The van der Waals surface area contributed by atoms with Gasteiger partial charge in [-0.25, -0.2) is 8.42 Å². The van der Waals surface area contributed by atoms with Crippen LogP contribution < -0.4 is 20.7 Å². The zero-order chi connectivity index (χ0) is 21.3. The number of sulfonamides is 1. The van der Waals surface area contributed by atoms with Crippen LogP contribution in [0.2, 0.25) is 0 Å². The standard InChI is InChI=1S/C18H28N4O5S/c1-5-12(2)20-17(24)10-11-19-18(25)13(3)22-28(26,27)16-8-6-15(7-9-16)21-14(4)23/h6-9,12-13,22H,5,10-11H2,1-4H3,(H,19,25)(H,20,24)(H,21,23)/t12?,13-/m0/s1. The van der Waals surface area contributed by atoms with Crippen LogP contribution in [-0.2, 0) is 24.4 Å². The summed E-state index contributed by atoms with van der Waals surface area (Å²) in [4.78, 5) is 34.7. The van der Waals surface area contributed by atoms with Crippen molar-refractivity contribution in [3.8, 4) is 0 Å². The molecule has 0 fully saturated rings. The lowest BCUT2D eigenvalue weighted by Gasteiger charge is -2.15. The lowest BCUT2D eigenvalue weighted by atomic mass is 10.2. The summed E-state index contributed by atoms with van der Waals surface area (Å²) in [7, 11) is -3.91. The summed E-state index contributed by atoms with van der Waals surface area (Å²) in [6.07, 6.45) is 0.920. The van der Waals surface area contributed by atoms with Gasteiger partial charge in [0.1, 0.15) is 0 Å². The molecule has 1 rings (SSSR count). The van der Waals surface area contributed by atoms with Crippen molar-refractivity contribution in [2.75, 3.05) is 11.9 Å². The Hall–Kier alpha value is -2.46. The normalized spacial score (nSPS) is 13.3. The maximum Gasteiger partial charge on any atom is 0.241 e. The molecular formula is C18H28N4O5S. The molecule has 0 aliphatic rings. The van der Waals surface area contributed by atoms with Gasteiger partial charge in [-0.15, -0.1) is 0 Å². The highest BCUT2D eigenvalue weighted by Crippen LogP contribution is 2.14. The fourth-order valence-corrected chi connectivity index (χ4v) is 3.38. The minimum Gasteiger partial charge on any atom is -0.354 e. The Morgan fingerprint density at radius 2 is 1.68 bits per heavy atom. The minimum atomic E-state index is -3.91. The molecule has 28 heavy (non-hydrogen) atoms. The van der Waals surface area contributed by atoms with Crippen LogP contribution in [0.5, 0.6) is 0 Å². The summed E-state index contributed by atoms with van der Waals surface area (Å²) in [6.45, 7) is 6.71. The number of carbonyl (C=O) groups excluding carboxylic acids is 3. The van der Waals surface area contributed by atoms with E-state index in [1.54, 1.807) is 0 Å². The van der Waals surface area contributed by atoms with Crippen molar-refractivity contribution in [1.29, 1.82) is 0 Å². The van der Waals surface area contributed by atoms with Crippen molar-refractivity contribution in [3.05, 3.63) is 24.3 Å². The summed E-state index contributed by atoms with van der Waals surface area (Å²) in [5, 5.41) is 7.85. The van der Waals surface area contributed by atoms with Crippen LogP contribution >= 0.6 is 0 Å². The molecule has 0 bridgehead atoms. The Labute approximate surface area is 165 Å². The number of hydrogen-bond donors (Lipinski definition) is 4. The number of nitrogens with one attached hydrogen (secondary N) is 4. The van der Waals surface area contributed by atoms with E-state index in [1.807, 2.05) is 13.8 Å². The smallest absolute Gasteiger partial charge is 0.241 e. The quantitative estimate of drug-likeness (QED) is 0.450. The second kappa shape index (κ2) is 10.8. The third-order valence-electron chi connectivity index (χ3n) is 3.88. The molecule has 3 amide bonds. The van der Waals surface area contributed by atoms with Gasteiger partial charge in [0.05, 0.1) is 10.9 Å².